The number of nitrogens with one attached hydrogen (secondary N) is 1. The minimum Gasteiger partial charge on any atom is -0.393 e. The molecule has 1 aliphatic carbocycles. The highest BCUT2D eigenvalue weighted by molar-refractivity contribution is 5.81. The quantitative estimate of drug-likeness (QED) is 0.862. The van der Waals surface area contributed by atoms with Crippen LogP contribution in [-0.4, -0.2) is 41.7 Å². The molecule has 4 nitrogen and oxygen atoms in total. The molecule has 1 aliphatic heterocycles. The molecule has 102 valence electrons. The van der Waals surface area contributed by atoms with Crippen LogP contribution in [0.2, 0.25) is 0 Å². The van der Waals surface area contributed by atoms with E-state index in [1.54, 1.807) is 0 Å². The Morgan fingerprint density at radius 2 is 2.05 bits per heavy atom. The van der Waals surface area contributed by atoms with Crippen LogP contribution in [0, 0.1) is 11.8 Å². The van der Waals surface area contributed by atoms with Gasteiger partial charge in [0, 0.05) is 24.7 Å². The number of carbonyl (C=O) groups excluding carboxylic acids is 1. The topological polar surface area (TPSA) is 52.6 Å². The summed E-state index contributed by atoms with van der Waals surface area (Å²) in [5, 5.41) is 13.0. The SMILES string of the molecule is O=C(CNc1ccccc1)N1CC2CCC(O)C2C1. The zero-order chi connectivity index (χ0) is 13.2. The van der Waals surface area contributed by atoms with Crippen molar-refractivity contribution in [2.45, 2.75) is 18.9 Å². The third-order valence-electron chi connectivity index (χ3n) is 4.39. The summed E-state index contributed by atoms with van der Waals surface area (Å²) in [4.78, 5) is 14.0. The van der Waals surface area contributed by atoms with Crippen LogP contribution in [0.15, 0.2) is 30.3 Å². The Bertz CT molecular complexity index is 449. The first-order valence-corrected chi connectivity index (χ1v) is 6.99. The fourth-order valence-electron chi connectivity index (χ4n) is 3.29. The smallest absolute Gasteiger partial charge is 0.241 e. The van der Waals surface area contributed by atoms with E-state index in [1.165, 1.54) is 0 Å². The van der Waals surface area contributed by atoms with Crippen molar-refractivity contribution >= 4 is 11.6 Å². The lowest BCUT2D eigenvalue weighted by Crippen LogP contribution is -2.35. The van der Waals surface area contributed by atoms with Gasteiger partial charge in [-0.2, -0.15) is 0 Å². The molecular weight excluding hydrogens is 240 g/mol. The van der Waals surface area contributed by atoms with E-state index in [4.69, 9.17) is 0 Å². The zero-order valence-corrected chi connectivity index (χ0v) is 11.0. The molecule has 1 aromatic carbocycles. The van der Waals surface area contributed by atoms with E-state index in [0.29, 0.717) is 18.4 Å². The molecule has 0 radical (unpaired) electrons. The summed E-state index contributed by atoms with van der Waals surface area (Å²) >= 11 is 0. The molecule has 3 unspecified atom stereocenters. The van der Waals surface area contributed by atoms with Gasteiger partial charge in [0.1, 0.15) is 0 Å². The van der Waals surface area contributed by atoms with Crippen LogP contribution in [0.4, 0.5) is 5.69 Å². The van der Waals surface area contributed by atoms with Crippen LogP contribution < -0.4 is 5.32 Å². The Labute approximate surface area is 113 Å². The molecule has 3 atom stereocenters. The second-order valence-corrected chi connectivity index (χ2v) is 5.59. The summed E-state index contributed by atoms with van der Waals surface area (Å²) < 4.78 is 0. The molecule has 1 aromatic rings. The highest BCUT2D eigenvalue weighted by Gasteiger charge is 2.43. The Hall–Kier alpha value is -1.55. The highest BCUT2D eigenvalue weighted by Crippen LogP contribution is 2.37. The number of carbonyl (C=O) groups is 1. The summed E-state index contributed by atoms with van der Waals surface area (Å²) in [7, 11) is 0. The maximum Gasteiger partial charge on any atom is 0.241 e. The molecule has 19 heavy (non-hydrogen) atoms. The third kappa shape index (κ3) is 2.59. The van der Waals surface area contributed by atoms with Crippen molar-refractivity contribution in [1.29, 1.82) is 0 Å². The first kappa shape index (κ1) is 12.5. The number of likely N-dealkylation sites (tertiary alicyclic amines) is 1. The second kappa shape index (κ2) is 5.21. The zero-order valence-electron chi connectivity index (χ0n) is 11.0. The van der Waals surface area contributed by atoms with Gasteiger partial charge in [0.05, 0.1) is 12.6 Å². The van der Waals surface area contributed by atoms with Crippen molar-refractivity contribution in [1.82, 2.24) is 4.90 Å². The molecule has 2 aliphatic rings. The summed E-state index contributed by atoms with van der Waals surface area (Å²) in [6, 6.07) is 9.76. The van der Waals surface area contributed by atoms with Gasteiger partial charge >= 0.3 is 0 Å². The Kier molecular flexibility index (Phi) is 3.42. The molecule has 2 fully saturated rings. The van der Waals surface area contributed by atoms with E-state index < -0.39 is 0 Å². The molecule has 0 aromatic heterocycles. The number of hydrogen-bond acceptors (Lipinski definition) is 3. The van der Waals surface area contributed by atoms with Crippen LogP contribution in [0.3, 0.4) is 0 Å². The van der Waals surface area contributed by atoms with E-state index in [9.17, 15) is 9.90 Å². The largest absolute Gasteiger partial charge is 0.393 e. The molecule has 1 amide bonds. The molecule has 0 spiro atoms. The van der Waals surface area contributed by atoms with Gasteiger partial charge in [-0.15, -0.1) is 0 Å². The van der Waals surface area contributed by atoms with Gasteiger partial charge in [-0.25, -0.2) is 0 Å². The van der Waals surface area contributed by atoms with E-state index in [2.05, 4.69) is 5.32 Å². The second-order valence-electron chi connectivity index (χ2n) is 5.59. The van der Waals surface area contributed by atoms with Crippen LogP contribution in [0.25, 0.3) is 0 Å². The number of para-hydroxylation sites is 1. The van der Waals surface area contributed by atoms with Crippen molar-refractivity contribution in [3.8, 4) is 0 Å². The van der Waals surface area contributed by atoms with Crippen molar-refractivity contribution in [2.75, 3.05) is 25.0 Å². The lowest BCUT2D eigenvalue weighted by molar-refractivity contribution is -0.128. The molecule has 1 heterocycles. The number of nitrogens with zero attached hydrogens (tertiary/aromatic N) is 1. The summed E-state index contributed by atoms with van der Waals surface area (Å²) in [5.74, 6) is 0.946. The Balaban J connectivity index is 1.52. The maximum atomic E-state index is 12.1. The van der Waals surface area contributed by atoms with Gasteiger partial charge in [0.25, 0.3) is 0 Å². The molecule has 3 rings (SSSR count). The minimum absolute atomic E-state index is 0.130. The molecule has 2 N–H and O–H groups in total. The number of hydrogen-bond donors (Lipinski definition) is 2. The number of amides is 1. The number of benzene rings is 1. The van der Waals surface area contributed by atoms with Gasteiger partial charge in [-0.05, 0) is 30.9 Å². The van der Waals surface area contributed by atoms with Crippen molar-refractivity contribution < 1.29 is 9.90 Å². The fraction of sp³-hybridized carbons (Fsp3) is 0.533. The van der Waals surface area contributed by atoms with E-state index in [1.807, 2.05) is 35.2 Å². The van der Waals surface area contributed by atoms with Crippen LogP contribution in [-0.2, 0) is 4.79 Å². The number of aliphatic hydroxyl groups is 1. The van der Waals surface area contributed by atoms with E-state index >= 15 is 0 Å². The standard InChI is InChI=1S/C15H20N2O2/c18-14-7-6-11-9-17(10-13(11)14)15(19)8-16-12-4-2-1-3-5-12/h1-5,11,13-14,16,18H,6-10H2. The van der Waals surface area contributed by atoms with Gasteiger partial charge in [0.2, 0.25) is 5.91 Å². The molecule has 4 heteroatoms. The highest BCUT2D eigenvalue weighted by atomic mass is 16.3. The van der Waals surface area contributed by atoms with Crippen LogP contribution in [0.1, 0.15) is 12.8 Å². The molecule has 0 bridgehead atoms. The van der Waals surface area contributed by atoms with Crippen molar-refractivity contribution in [2.24, 2.45) is 11.8 Å². The van der Waals surface area contributed by atoms with E-state index in [-0.39, 0.29) is 12.0 Å². The normalized spacial score (nSPS) is 29.3. The number of rotatable bonds is 3. The van der Waals surface area contributed by atoms with Crippen molar-refractivity contribution in [3.05, 3.63) is 30.3 Å². The summed E-state index contributed by atoms with van der Waals surface area (Å²) in [6.07, 6.45) is 1.76. The molecular formula is C15H20N2O2. The predicted molar refractivity (Wildman–Crippen MR) is 73.7 cm³/mol. The number of anilines is 1. The fourth-order valence-corrected chi connectivity index (χ4v) is 3.29. The lowest BCUT2D eigenvalue weighted by Gasteiger charge is -2.19. The van der Waals surface area contributed by atoms with E-state index in [0.717, 1.165) is 31.6 Å². The first-order valence-electron chi connectivity index (χ1n) is 6.99. The third-order valence-corrected chi connectivity index (χ3v) is 4.39. The predicted octanol–water partition coefficient (Wildman–Crippen LogP) is 1.33. The number of fused-ring (bicyclic) bond motifs is 1. The van der Waals surface area contributed by atoms with Gasteiger partial charge in [0.15, 0.2) is 0 Å². The monoisotopic (exact) mass is 260 g/mol. The number of aliphatic hydroxyl groups excluding tert-OH is 1. The summed E-state index contributed by atoms with van der Waals surface area (Å²) in [6.45, 7) is 1.87. The average molecular weight is 260 g/mol. The Morgan fingerprint density at radius 1 is 1.26 bits per heavy atom. The van der Waals surface area contributed by atoms with Gasteiger partial charge < -0.3 is 15.3 Å². The maximum absolute atomic E-state index is 12.1. The molecule has 1 saturated heterocycles. The Morgan fingerprint density at radius 3 is 2.79 bits per heavy atom. The first-order chi connectivity index (χ1) is 9.24. The minimum atomic E-state index is -0.204. The van der Waals surface area contributed by atoms with Crippen molar-refractivity contribution in [3.63, 3.8) is 0 Å². The van der Waals surface area contributed by atoms with Gasteiger partial charge in [-0.1, -0.05) is 18.2 Å². The lowest BCUT2D eigenvalue weighted by atomic mass is 10.00. The van der Waals surface area contributed by atoms with Crippen LogP contribution >= 0.6 is 0 Å². The summed E-state index contributed by atoms with van der Waals surface area (Å²) in [5.41, 5.74) is 0.968. The average Bonchev–Trinajstić information content (AvgIpc) is 3.00. The molecule has 1 saturated carbocycles. The van der Waals surface area contributed by atoms with Crippen LogP contribution in [0.5, 0.6) is 0 Å². The van der Waals surface area contributed by atoms with Gasteiger partial charge in [-0.3, -0.25) is 4.79 Å².